The van der Waals surface area contributed by atoms with Gasteiger partial charge in [-0.05, 0) is 49.6 Å². The summed E-state index contributed by atoms with van der Waals surface area (Å²) in [6, 6.07) is 10.4. The second-order valence-electron chi connectivity index (χ2n) is 5.94. The minimum Gasteiger partial charge on any atom is -0.507 e. The predicted octanol–water partition coefficient (Wildman–Crippen LogP) is 5.39. The lowest BCUT2D eigenvalue weighted by Gasteiger charge is -2.16. The molecule has 1 heteroatoms. The summed E-state index contributed by atoms with van der Waals surface area (Å²) in [7, 11) is 0. The van der Waals surface area contributed by atoms with Gasteiger partial charge in [0.15, 0.2) is 0 Å². The normalized spacial score (nSPS) is 12.6. The number of hydrogen-bond donors (Lipinski definition) is 1. The Morgan fingerprint density at radius 1 is 1.25 bits per heavy atom. The monoisotopic (exact) mass is 268 g/mol. The van der Waals surface area contributed by atoms with Gasteiger partial charge in [-0.1, -0.05) is 48.7 Å². The minimum atomic E-state index is 0.450. The van der Waals surface area contributed by atoms with Crippen LogP contribution in [0.1, 0.15) is 37.8 Å². The Morgan fingerprint density at radius 3 is 2.60 bits per heavy atom. The maximum Gasteiger partial charge on any atom is 0.126 e. The molecule has 1 atom stereocenters. The number of rotatable bonds is 5. The van der Waals surface area contributed by atoms with Gasteiger partial charge < -0.3 is 5.11 Å². The largest absolute Gasteiger partial charge is 0.507 e. The number of aryl methyl sites for hydroxylation is 1. The molecule has 0 aliphatic carbocycles. The summed E-state index contributed by atoms with van der Waals surface area (Å²) in [6.07, 6.45) is 3.05. The van der Waals surface area contributed by atoms with Gasteiger partial charge >= 0.3 is 0 Å². The lowest BCUT2D eigenvalue weighted by Crippen LogP contribution is -2.04. The van der Waals surface area contributed by atoms with E-state index in [-0.39, 0.29) is 0 Å². The first-order valence-corrected chi connectivity index (χ1v) is 7.36. The second kappa shape index (κ2) is 6.13. The van der Waals surface area contributed by atoms with Crippen molar-refractivity contribution in [3.8, 4) is 5.75 Å². The minimum absolute atomic E-state index is 0.450. The van der Waals surface area contributed by atoms with Crippen LogP contribution in [-0.4, -0.2) is 5.11 Å². The van der Waals surface area contributed by atoms with Gasteiger partial charge in [-0.3, -0.25) is 0 Å². The molecule has 0 heterocycles. The van der Waals surface area contributed by atoms with Crippen molar-refractivity contribution in [2.24, 2.45) is 5.92 Å². The third-order valence-electron chi connectivity index (χ3n) is 3.96. The molecule has 2 aromatic carbocycles. The summed E-state index contributed by atoms with van der Waals surface area (Å²) in [4.78, 5) is 0. The van der Waals surface area contributed by atoms with Crippen molar-refractivity contribution < 1.29 is 5.11 Å². The average Bonchev–Trinajstić information content (AvgIpc) is 2.41. The molecule has 1 N–H and O–H groups in total. The van der Waals surface area contributed by atoms with Crippen LogP contribution in [0.25, 0.3) is 10.8 Å². The van der Waals surface area contributed by atoms with E-state index in [1.54, 1.807) is 0 Å². The van der Waals surface area contributed by atoms with E-state index in [1.807, 2.05) is 0 Å². The van der Waals surface area contributed by atoms with Crippen molar-refractivity contribution in [3.63, 3.8) is 0 Å². The highest BCUT2D eigenvalue weighted by molar-refractivity contribution is 5.89. The summed E-state index contributed by atoms with van der Waals surface area (Å²) in [6.45, 7) is 10.3. The van der Waals surface area contributed by atoms with Gasteiger partial charge in [-0.25, -0.2) is 0 Å². The van der Waals surface area contributed by atoms with Gasteiger partial charge in [-0.2, -0.15) is 0 Å². The third kappa shape index (κ3) is 3.22. The molecule has 0 bridgehead atoms. The third-order valence-corrected chi connectivity index (χ3v) is 3.96. The standard InChI is InChI=1S/C19H24O/c1-5-15(10-13(2)3)12-17-9-8-16-7-6-14(4)11-18(16)19(17)20/h6-9,11,15,20H,2,5,10,12H2,1,3-4H3. The van der Waals surface area contributed by atoms with Gasteiger partial charge in [-0.15, -0.1) is 6.58 Å². The van der Waals surface area contributed by atoms with Gasteiger partial charge in [0.2, 0.25) is 0 Å². The molecule has 2 aromatic rings. The van der Waals surface area contributed by atoms with Crippen molar-refractivity contribution in [3.05, 3.63) is 53.6 Å². The van der Waals surface area contributed by atoms with Crippen LogP contribution in [0.15, 0.2) is 42.5 Å². The first-order valence-electron chi connectivity index (χ1n) is 7.36. The van der Waals surface area contributed by atoms with Crippen LogP contribution in [0, 0.1) is 12.8 Å². The Morgan fingerprint density at radius 2 is 1.95 bits per heavy atom. The van der Waals surface area contributed by atoms with E-state index < -0.39 is 0 Å². The molecule has 0 saturated heterocycles. The molecule has 0 aliphatic heterocycles. The zero-order valence-electron chi connectivity index (χ0n) is 12.7. The molecule has 0 saturated carbocycles. The van der Waals surface area contributed by atoms with E-state index in [9.17, 15) is 5.11 Å². The van der Waals surface area contributed by atoms with Gasteiger partial charge in [0.05, 0.1) is 0 Å². The highest BCUT2D eigenvalue weighted by Gasteiger charge is 2.12. The van der Waals surface area contributed by atoms with E-state index in [0.717, 1.165) is 35.6 Å². The highest BCUT2D eigenvalue weighted by Crippen LogP contribution is 2.32. The van der Waals surface area contributed by atoms with Gasteiger partial charge in [0.25, 0.3) is 0 Å². The molecule has 0 spiro atoms. The maximum atomic E-state index is 10.5. The fourth-order valence-electron chi connectivity index (χ4n) is 2.79. The molecular weight excluding hydrogens is 244 g/mol. The Kier molecular flexibility index (Phi) is 4.49. The summed E-state index contributed by atoms with van der Waals surface area (Å²) in [5.74, 6) is 1.01. The van der Waals surface area contributed by atoms with Crippen LogP contribution in [0.4, 0.5) is 0 Å². The number of hydrogen-bond acceptors (Lipinski definition) is 1. The quantitative estimate of drug-likeness (QED) is 0.721. The Hall–Kier alpha value is -1.76. The van der Waals surface area contributed by atoms with E-state index in [4.69, 9.17) is 0 Å². The van der Waals surface area contributed by atoms with Crippen molar-refractivity contribution in [2.75, 3.05) is 0 Å². The molecule has 0 amide bonds. The van der Waals surface area contributed by atoms with Crippen LogP contribution in [0.2, 0.25) is 0 Å². The summed E-state index contributed by atoms with van der Waals surface area (Å²) >= 11 is 0. The van der Waals surface area contributed by atoms with E-state index in [0.29, 0.717) is 11.7 Å². The molecule has 0 aromatic heterocycles. The van der Waals surface area contributed by atoms with Gasteiger partial charge in [0.1, 0.15) is 5.75 Å². The van der Waals surface area contributed by atoms with Crippen LogP contribution in [0.5, 0.6) is 5.75 Å². The molecule has 1 nitrogen and oxygen atoms in total. The van der Waals surface area contributed by atoms with Crippen molar-refractivity contribution in [1.29, 1.82) is 0 Å². The molecule has 0 fully saturated rings. The molecule has 2 rings (SSSR count). The number of allylic oxidation sites excluding steroid dienone is 1. The summed E-state index contributed by atoms with van der Waals surface area (Å²) in [5, 5.41) is 12.6. The fourth-order valence-corrected chi connectivity index (χ4v) is 2.79. The lowest BCUT2D eigenvalue weighted by molar-refractivity contribution is 0.453. The topological polar surface area (TPSA) is 20.2 Å². The fraction of sp³-hybridized carbons (Fsp3) is 0.368. The molecular formula is C19H24O. The molecule has 106 valence electrons. The first-order chi connectivity index (χ1) is 9.51. The predicted molar refractivity (Wildman–Crippen MR) is 87.3 cm³/mol. The molecule has 1 unspecified atom stereocenters. The first kappa shape index (κ1) is 14.6. The number of fused-ring (bicyclic) bond motifs is 1. The molecule has 0 radical (unpaired) electrons. The Labute approximate surface area is 122 Å². The smallest absolute Gasteiger partial charge is 0.126 e. The van der Waals surface area contributed by atoms with Crippen LogP contribution in [0.3, 0.4) is 0 Å². The number of benzene rings is 2. The van der Waals surface area contributed by atoms with Crippen molar-refractivity contribution in [2.45, 2.75) is 40.0 Å². The zero-order valence-corrected chi connectivity index (χ0v) is 12.7. The maximum absolute atomic E-state index is 10.5. The van der Waals surface area contributed by atoms with Crippen LogP contribution in [-0.2, 0) is 6.42 Å². The van der Waals surface area contributed by atoms with Crippen LogP contribution >= 0.6 is 0 Å². The number of phenolic OH excluding ortho intramolecular Hbond substituents is 1. The summed E-state index contributed by atoms with van der Waals surface area (Å²) in [5.41, 5.74) is 3.45. The highest BCUT2D eigenvalue weighted by atomic mass is 16.3. The Balaban J connectivity index is 2.34. The van der Waals surface area contributed by atoms with Crippen molar-refractivity contribution in [1.82, 2.24) is 0 Å². The average molecular weight is 268 g/mol. The van der Waals surface area contributed by atoms with Gasteiger partial charge in [0, 0.05) is 5.39 Å². The van der Waals surface area contributed by atoms with E-state index >= 15 is 0 Å². The molecule has 20 heavy (non-hydrogen) atoms. The summed E-state index contributed by atoms with van der Waals surface area (Å²) < 4.78 is 0. The second-order valence-corrected chi connectivity index (χ2v) is 5.94. The van der Waals surface area contributed by atoms with Crippen molar-refractivity contribution >= 4 is 10.8 Å². The van der Waals surface area contributed by atoms with E-state index in [1.165, 1.54) is 11.1 Å². The van der Waals surface area contributed by atoms with Crippen LogP contribution < -0.4 is 0 Å². The number of aromatic hydroxyl groups is 1. The Bertz CT molecular complexity index is 625. The molecule has 0 aliphatic rings. The zero-order chi connectivity index (χ0) is 14.7. The lowest BCUT2D eigenvalue weighted by atomic mass is 9.90. The van der Waals surface area contributed by atoms with E-state index in [2.05, 4.69) is 57.7 Å². The number of phenols is 1. The SMILES string of the molecule is C=C(C)CC(CC)Cc1ccc2ccc(C)cc2c1O.